The number of carbonyl (C=O) groups excluding carboxylic acids is 1. The lowest BCUT2D eigenvalue weighted by molar-refractivity contribution is 0.0928. The fourth-order valence-corrected chi connectivity index (χ4v) is 2.77. The van der Waals surface area contributed by atoms with Crippen LogP contribution in [0.5, 0.6) is 0 Å². The molecule has 1 atom stereocenters. The summed E-state index contributed by atoms with van der Waals surface area (Å²) in [7, 11) is 0. The number of nitrogens with zero attached hydrogens (tertiary/aromatic N) is 3. The molecule has 0 bridgehead atoms. The topological polar surface area (TPSA) is 59.3 Å². The molecule has 1 N–H and O–H groups in total. The van der Waals surface area contributed by atoms with E-state index in [0.29, 0.717) is 11.3 Å². The summed E-state index contributed by atoms with van der Waals surface area (Å²) in [4.78, 5) is 17.0. The van der Waals surface area contributed by atoms with Crippen molar-refractivity contribution in [2.75, 3.05) is 0 Å². The van der Waals surface area contributed by atoms with Gasteiger partial charge >= 0.3 is 0 Å². The SMILES string of the molecule is CCC(NC(=O)c1cnc2c(C)cc(C)nn12)c1ccccc1. The van der Waals surface area contributed by atoms with Gasteiger partial charge in [0.15, 0.2) is 11.3 Å². The highest BCUT2D eigenvalue weighted by Gasteiger charge is 2.18. The summed E-state index contributed by atoms with van der Waals surface area (Å²) in [6, 6.07) is 11.9. The van der Waals surface area contributed by atoms with Gasteiger partial charge in [-0.25, -0.2) is 9.50 Å². The molecular weight excluding hydrogens is 288 g/mol. The van der Waals surface area contributed by atoms with Gasteiger partial charge in [0, 0.05) is 0 Å². The minimum atomic E-state index is -0.161. The summed E-state index contributed by atoms with van der Waals surface area (Å²) in [5.74, 6) is -0.161. The van der Waals surface area contributed by atoms with Gasteiger partial charge < -0.3 is 5.32 Å². The molecule has 5 heteroatoms. The molecule has 0 radical (unpaired) electrons. The maximum Gasteiger partial charge on any atom is 0.272 e. The van der Waals surface area contributed by atoms with E-state index in [-0.39, 0.29) is 11.9 Å². The number of amides is 1. The van der Waals surface area contributed by atoms with Crippen LogP contribution in [-0.4, -0.2) is 20.5 Å². The van der Waals surface area contributed by atoms with Crippen molar-refractivity contribution in [3.63, 3.8) is 0 Å². The molecule has 118 valence electrons. The minimum absolute atomic E-state index is 0.0276. The van der Waals surface area contributed by atoms with Crippen LogP contribution in [0.15, 0.2) is 42.6 Å². The summed E-state index contributed by atoms with van der Waals surface area (Å²) in [6.07, 6.45) is 2.40. The van der Waals surface area contributed by atoms with E-state index in [4.69, 9.17) is 0 Å². The highest BCUT2D eigenvalue weighted by molar-refractivity contribution is 5.93. The number of rotatable bonds is 4. The molecule has 5 nitrogen and oxygen atoms in total. The Balaban J connectivity index is 1.92. The number of imidazole rings is 1. The number of carbonyl (C=O) groups is 1. The second-order valence-electron chi connectivity index (χ2n) is 5.69. The Bertz CT molecular complexity index is 839. The van der Waals surface area contributed by atoms with Crippen LogP contribution in [0.2, 0.25) is 0 Å². The van der Waals surface area contributed by atoms with Gasteiger partial charge in [0.1, 0.15) is 0 Å². The first kappa shape index (κ1) is 15.2. The van der Waals surface area contributed by atoms with Crippen LogP contribution in [0.4, 0.5) is 0 Å². The van der Waals surface area contributed by atoms with Crippen molar-refractivity contribution in [3.8, 4) is 0 Å². The summed E-state index contributed by atoms with van der Waals surface area (Å²) in [5.41, 5.74) is 4.14. The number of benzene rings is 1. The highest BCUT2D eigenvalue weighted by Crippen LogP contribution is 2.17. The Labute approximate surface area is 135 Å². The van der Waals surface area contributed by atoms with Crippen LogP contribution in [0, 0.1) is 13.8 Å². The van der Waals surface area contributed by atoms with Gasteiger partial charge in [-0.05, 0) is 37.5 Å². The third-order valence-electron chi connectivity index (χ3n) is 3.92. The molecule has 2 heterocycles. The number of aromatic nitrogens is 3. The van der Waals surface area contributed by atoms with Crippen LogP contribution < -0.4 is 5.32 Å². The minimum Gasteiger partial charge on any atom is -0.344 e. The lowest BCUT2D eigenvalue weighted by Crippen LogP contribution is -2.29. The van der Waals surface area contributed by atoms with Crippen LogP contribution >= 0.6 is 0 Å². The van der Waals surface area contributed by atoms with Crippen molar-refractivity contribution in [1.82, 2.24) is 19.9 Å². The van der Waals surface area contributed by atoms with Gasteiger partial charge in [-0.2, -0.15) is 5.10 Å². The van der Waals surface area contributed by atoms with E-state index in [1.807, 2.05) is 50.2 Å². The maximum absolute atomic E-state index is 12.7. The maximum atomic E-state index is 12.7. The Kier molecular flexibility index (Phi) is 4.10. The molecular formula is C18H20N4O. The molecule has 0 saturated heterocycles. The molecule has 1 amide bonds. The highest BCUT2D eigenvalue weighted by atomic mass is 16.2. The van der Waals surface area contributed by atoms with Crippen molar-refractivity contribution in [1.29, 1.82) is 0 Å². The first-order valence-electron chi connectivity index (χ1n) is 7.78. The summed E-state index contributed by atoms with van der Waals surface area (Å²) < 4.78 is 1.62. The number of nitrogens with one attached hydrogen (secondary N) is 1. The molecule has 0 aliphatic rings. The van der Waals surface area contributed by atoms with Crippen molar-refractivity contribution >= 4 is 11.6 Å². The number of hydrogen-bond acceptors (Lipinski definition) is 3. The first-order valence-corrected chi connectivity index (χ1v) is 7.78. The van der Waals surface area contributed by atoms with Crippen LogP contribution in [0.25, 0.3) is 5.65 Å². The average Bonchev–Trinajstić information content (AvgIpc) is 2.97. The molecule has 23 heavy (non-hydrogen) atoms. The molecule has 3 rings (SSSR count). The molecule has 0 spiro atoms. The molecule has 1 unspecified atom stereocenters. The molecule has 0 saturated carbocycles. The lowest BCUT2D eigenvalue weighted by Gasteiger charge is -2.17. The van der Waals surface area contributed by atoms with Crippen LogP contribution in [-0.2, 0) is 0 Å². The predicted octanol–water partition coefficient (Wildman–Crippen LogP) is 3.23. The monoisotopic (exact) mass is 308 g/mol. The zero-order valence-corrected chi connectivity index (χ0v) is 13.6. The molecule has 0 aliphatic heterocycles. The third kappa shape index (κ3) is 2.95. The zero-order chi connectivity index (χ0) is 16.4. The number of fused-ring (bicyclic) bond motifs is 1. The summed E-state index contributed by atoms with van der Waals surface area (Å²) in [5, 5.41) is 7.49. The smallest absolute Gasteiger partial charge is 0.272 e. The van der Waals surface area contributed by atoms with Crippen molar-refractivity contribution < 1.29 is 4.79 Å². The van der Waals surface area contributed by atoms with E-state index in [1.54, 1.807) is 10.7 Å². The van der Waals surface area contributed by atoms with E-state index in [2.05, 4.69) is 22.3 Å². The first-order chi connectivity index (χ1) is 11.1. The van der Waals surface area contributed by atoms with Crippen LogP contribution in [0.3, 0.4) is 0 Å². The van der Waals surface area contributed by atoms with E-state index in [1.165, 1.54) is 0 Å². The Morgan fingerprint density at radius 2 is 2.00 bits per heavy atom. The zero-order valence-electron chi connectivity index (χ0n) is 13.6. The average molecular weight is 308 g/mol. The third-order valence-corrected chi connectivity index (χ3v) is 3.92. The molecule has 0 fully saturated rings. The Morgan fingerprint density at radius 3 is 2.70 bits per heavy atom. The van der Waals surface area contributed by atoms with E-state index in [0.717, 1.165) is 23.2 Å². The molecule has 2 aromatic heterocycles. The van der Waals surface area contributed by atoms with E-state index >= 15 is 0 Å². The Hall–Kier alpha value is -2.69. The van der Waals surface area contributed by atoms with Gasteiger partial charge in [0.05, 0.1) is 17.9 Å². The largest absolute Gasteiger partial charge is 0.344 e. The molecule has 3 aromatic rings. The van der Waals surface area contributed by atoms with Crippen molar-refractivity contribution in [2.45, 2.75) is 33.2 Å². The van der Waals surface area contributed by atoms with Gasteiger partial charge in [-0.3, -0.25) is 4.79 Å². The Morgan fingerprint density at radius 1 is 1.26 bits per heavy atom. The van der Waals surface area contributed by atoms with Gasteiger partial charge in [-0.1, -0.05) is 37.3 Å². The van der Waals surface area contributed by atoms with Crippen molar-refractivity contribution in [3.05, 3.63) is 65.1 Å². The fraction of sp³-hybridized carbons (Fsp3) is 0.278. The second-order valence-corrected chi connectivity index (χ2v) is 5.69. The summed E-state index contributed by atoms with van der Waals surface area (Å²) in [6.45, 7) is 5.93. The quantitative estimate of drug-likeness (QED) is 0.805. The molecule has 1 aromatic carbocycles. The standard InChI is InChI=1S/C18H20N4O/c1-4-15(14-8-6-5-7-9-14)20-18(23)16-11-19-17-12(2)10-13(3)21-22(16)17/h5-11,15H,4H2,1-3H3,(H,20,23). The van der Waals surface area contributed by atoms with E-state index in [9.17, 15) is 4.79 Å². The lowest BCUT2D eigenvalue weighted by atomic mass is 10.0. The molecule has 0 aliphatic carbocycles. The van der Waals surface area contributed by atoms with Gasteiger partial charge in [0.25, 0.3) is 5.91 Å². The van der Waals surface area contributed by atoms with E-state index < -0.39 is 0 Å². The van der Waals surface area contributed by atoms with Crippen molar-refractivity contribution in [2.24, 2.45) is 0 Å². The normalized spacial score (nSPS) is 12.3. The fourth-order valence-electron chi connectivity index (χ4n) is 2.77. The second kappa shape index (κ2) is 6.20. The van der Waals surface area contributed by atoms with Crippen LogP contribution in [0.1, 0.15) is 46.7 Å². The number of hydrogen-bond donors (Lipinski definition) is 1. The predicted molar refractivity (Wildman–Crippen MR) is 89.4 cm³/mol. The summed E-state index contributed by atoms with van der Waals surface area (Å²) >= 11 is 0. The number of aryl methyl sites for hydroxylation is 2. The van der Waals surface area contributed by atoms with Gasteiger partial charge in [-0.15, -0.1) is 0 Å². The van der Waals surface area contributed by atoms with Gasteiger partial charge in [0.2, 0.25) is 0 Å².